The van der Waals surface area contributed by atoms with Gasteiger partial charge < -0.3 is 19.9 Å². The molecule has 1 atom stereocenters. The van der Waals surface area contributed by atoms with Crippen molar-refractivity contribution in [2.45, 2.75) is 20.0 Å². The van der Waals surface area contributed by atoms with Gasteiger partial charge in [-0.1, -0.05) is 0 Å². The highest BCUT2D eigenvalue weighted by Crippen LogP contribution is 2.48. The van der Waals surface area contributed by atoms with Crippen molar-refractivity contribution in [2.24, 2.45) is 5.73 Å². The Kier molecular flexibility index (Phi) is 6.55. The Labute approximate surface area is 78.8 Å². The Morgan fingerprint density at radius 2 is 1.85 bits per heavy atom. The van der Waals surface area contributed by atoms with Crippen LogP contribution < -0.4 is 5.73 Å². The van der Waals surface area contributed by atoms with Crippen LogP contribution in [0.2, 0.25) is 0 Å². The summed E-state index contributed by atoms with van der Waals surface area (Å²) in [5.41, 5.74) is 5.19. The molecule has 0 saturated carbocycles. The first kappa shape index (κ1) is 13.1. The molecule has 1 unspecified atom stereocenters. The van der Waals surface area contributed by atoms with Gasteiger partial charge >= 0.3 is 7.60 Å². The van der Waals surface area contributed by atoms with E-state index >= 15 is 0 Å². The van der Waals surface area contributed by atoms with Crippen LogP contribution in [0.15, 0.2) is 0 Å². The minimum atomic E-state index is -3.12. The van der Waals surface area contributed by atoms with E-state index in [2.05, 4.69) is 0 Å². The van der Waals surface area contributed by atoms with Gasteiger partial charge in [-0.05, 0) is 13.8 Å². The van der Waals surface area contributed by atoms with Crippen molar-refractivity contribution in [3.63, 3.8) is 0 Å². The fraction of sp³-hybridized carbons (Fsp3) is 1.00. The largest absolute Gasteiger partial charge is 0.391 e. The smallest absolute Gasteiger partial charge is 0.333 e. The van der Waals surface area contributed by atoms with Crippen LogP contribution in [0.5, 0.6) is 0 Å². The Morgan fingerprint density at radius 3 is 2.15 bits per heavy atom. The second kappa shape index (κ2) is 6.51. The molecule has 0 aromatic carbocycles. The van der Waals surface area contributed by atoms with Crippen molar-refractivity contribution < 1.29 is 18.7 Å². The van der Waals surface area contributed by atoms with Crippen LogP contribution in [0, 0.1) is 0 Å². The molecule has 0 radical (unpaired) electrons. The Bertz CT molecular complexity index is 166. The maximum atomic E-state index is 11.7. The molecule has 0 amide bonds. The third kappa shape index (κ3) is 5.39. The zero-order valence-electron chi connectivity index (χ0n) is 8.10. The first-order valence-electron chi connectivity index (χ1n) is 4.34. The van der Waals surface area contributed by atoms with E-state index in [9.17, 15) is 9.67 Å². The Hall–Kier alpha value is 0.0700. The molecule has 0 saturated heterocycles. The number of hydrogen-bond acceptors (Lipinski definition) is 5. The molecule has 0 bridgehead atoms. The Morgan fingerprint density at radius 1 is 1.38 bits per heavy atom. The fourth-order valence-corrected chi connectivity index (χ4v) is 2.61. The summed E-state index contributed by atoms with van der Waals surface area (Å²) in [5, 5.41) is 9.19. The highest BCUT2D eigenvalue weighted by atomic mass is 31.2. The molecule has 0 aromatic rings. The van der Waals surface area contributed by atoms with Crippen molar-refractivity contribution in [1.29, 1.82) is 0 Å². The predicted octanol–water partition coefficient (Wildman–Crippen LogP) is 0.572. The van der Waals surface area contributed by atoms with Gasteiger partial charge in [0.05, 0.1) is 25.5 Å². The second-order valence-corrected chi connectivity index (χ2v) is 4.62. The van der Waals surface area contributed by atoms with Crippen LogP contribution in [0.4, 0.5) is 0 Å². The SMILES string of the molecule is CCOP(=O)(CC(O)CN)OCC. The summed E-state index contributed by atoms with van der Waals surface area (Å²) in [6.07, 6.45) is -0.866. The lowest BCUT2D eigenvalue weighted by Gasteiger charge is -2.18. The molecule has 6 heteroatoms. The summed E-state index contributed by atoms with van der Waals surface area (Å²) < 4.78 is 21.6. The molecule has 0 heterocycles. The van der Waals surface area contributed by atoms with Crippen LogP contribution >= 0.6 is 7.60 Å². The molecule has 0 aromatic heterocycles. The van der Waals surface area contributed by atoms with Gasteiger partial charge in [-0.25, -0.2) is 0 Å². The first-order valence-corrected chi connectivity index (χ1v) is 6.07. The Balaban J connectivity index is 4.14. The van der Waals surface area contributed by atoms with Crippen LogP contribution in [0.3, 0.4) is 0 Å². The maximum absolute atomic E-state index is 11.7. The lowest BCUT2D eigenvalue weighted by Crippen LogP contribution is -2.24. The van der Waals surface area contributed by atoms with Crippen LogP contribution in [0.25, 0.3) is 0 Å². The van der Waals surface area contributed by atoms with Gasteiger partial charge in [0, 0.05) is 6.54 Å². The third-order valence-corrected chi connectivity index (χ3v) is 3.53. The van der Waals surface area contributed by atoms with Crippen LogP contribution in [-0.2, 0) is 13.6 Å². The highest BCUT2D eigenvalue weighted by Gasteiger charge is 2.26. The predicted molar refractivity (Wildman–Crippen MR) is 50.8 cm³/mol. The fourth-order valence-electron chi connectivity index (χ4n) is 0.869. The van der Waals surface area contributed by atoms with E-state index in [4.69, 9.17) is 14.8 Å². The van der Waals surface area contributed by atoms with Gasteiger partial charge in [-0.3, -0.25) is 4.57 Å². The van der Waals surface area contributed by atoms with E-state index in [0.717, 1.165) is 0 Å². The molecule has 0 rings (SSSR count). The molecule has 80 valence electrons. The summed E-state index contributed by atoms with van der Waals surface area (Å²) in [6, 6.07) is 0. The van der Waals surface area contributed by atoms with Crippen molar-refractivity contribution in [3.8, 4) is 0 Å². The van der Waals surface area contributed by atoms with Crippen molar-refractivity contribution in [3.05, 3.63) is 0 Å². The minimum absolute atomic E-state index is 0.0365. The lowest BCUT2D eigenvalue weighted by molar-refractivity contribution is 0.174. The van der Waals surface area contributed by atoms with Gasteiger partial charge in [-0.15, -0.1) is 0 Å². The summed E-state index contributed by atoms with van der Waals surface area (Å²) in [7, 11) is -3.12. The standard InChI is InChI=1S/C7H18NO4P/c1-3-11-13(10,12-4-2)6-7(9)5-8/h7,9H,3-6,8H2,1-2H3. The molecule has 0 spiro atoms. The summed E-state index contributed by atoms with van der Waals surface area (Å²) in [5.74, 6) is 0. The van der Waals surface area contributed by atoms with E-state index in [1.807, 2.05) is 0 Å². The monoisotopic (exact) mass is 211 g/mol. The lowest BCUT2D eigenvalue weighted by atomic mass is 10.4. The minimum Gasteiger partial charge on any atom is -0.391 e. The van der Waals surface area contributed by atoms with E-state index in [1.54, 1.807) is 13.8 Å². The number of nitrogens with two attached hydrogens (primary N) is 1. The molecule has 13 heavy (non-hydrogen) atoms. The van der Waals surface area contributed by atoms with E-state index in [1.165, 1.54) is 0 Å². The van der Waals surface area contributed by atoms with Gasteiger partial charge in [0.15, 0.2) is 0 Å². The van der Waals surface area contributed by atoms with Gasteiger partial charge in [0.1, 0.15) is 0 Å². The van der Waals surface area contributed by atoms with Gasteiger partial charge in [-0.2, -0.15) is 0 Å². The molecule has 3 N–H and O–H groups in total. The third-order valence-electron chi connectivity index (χ3n) is 1.36. The number of rotatable bonds is 7. The summed E-state index contributed by atoms with van der Waals surface area (Å²) in [6.45, 7) is 4.11. The maximum Gasteiger partial charge on any atom is 0.333 e. The quantitative estimate of drug-likeness (QED) is 0.602. The molecular weight excluding hydrogens is 193 g/mol. The highest BCUT2D eigenvalue weighted by molar-refractivity contribution is 7.53. The zero-order valence-corrected chi connectivity index (χ0v) is 9.00. The van der Waals surface area contributed by atoms with Crippen molar-refractivity contribution in [1.82, 2.24) is 0 Å². The van der Waals surface area contributed by atoms with Crippen LogP contribution in [-0.4, -0.2) is 37.1 Å². The van der Waals surface area contributed by atoms with E-state index in [-0.39, 0.29) is 12.7 Å². The summed E-state index contributed by atoms with van der Waals surface area (Å²) in [4.78, 5) is 0. The molecule has 0 aliphatic heterocycles. The van der Waals surface area contributed by atoms with Crippen molar-refractivity contribution >= 4 is 7.60 Å². The zero-order chi connectivity index (χ0) is 10.3. The van der Waals surface area contributed by atoms with E-state index in [0.29, 0.717) is 13.2 Å². The topological polar surface area (TPSA) is 81.8 Å². The molecule has 0 aliphatic carbocycles. The van der Waals surface area contributed by atoms with Crippen LogP contribution in [0.1, 0.15) is 13.8 Å². The number of aliphatic hydroxyl groups excluding tert-OH is 1. The molecule has 0 fully saturated rings. The van der Waals surface area contributed by atoms with E-state index < -0.39 is 13.7 Å². The number of hydrogen-bond donors (Lipinski definition) is 2. The van der Waals surface area contributed by atoms with Gasteiger partial charge in [0.25, 0.3) is 0 Å². The second-order valence-electron chi connectivity index (χ2n) is 2.52. The number of aliphatic hydroxyl groups is 1. The van der Waals surface area contributed by atoms with Crippen molar-refractivity contribution in [2.75, 3.05) is 25.9 Å². The van der Waals surface area contributed by atoms with Gasteiger partial charge in [0.2, 0.25) is 0 Å². The summed E-state index contributed by atoms with van der Waals surface area (Å²) >= 11 is 0. The molecule has 0 aliphatic rings. The normalized spacial score (nSPS) is 14.5. The average molecular weight is 211 g/mol. The molecule has 5 nitrogen and oxygen atoms in total. The first-order chi connectivity index (χ1) is 6.08. The average Bonchev–Trinajstić information content (AvgIpc) is 2.04. The molecular formula is C7H18NO4P.